The molecule has 18 heavy (non-hydrogen) atoms. The molecule has 94 valence electrons. The first-order valence-corrected chi connectivity index (χ1v) is 6.53. The van der Waals surface area contributed by atoms with E-state index in [1.165, 1.54) is 36.3 Å². The highest BCUT2D eigenvalue weighted by atomic mass is 16.5. The van der Waals surface area contributed by atoms with Gasteiger partial charge in [-0.05, 0) is 37.0 Å². The van der Waals surface area contributed by atoms with Crippen LogP contribution in [0.3, 0.4) is 0 Å². The lowest BCUT2D eigenvalue weighted by Crippen LogP contribution is -2.12. The zero-order chi connectivity index (χ0) is 12.4. The zero-order valence-electron chi connectivity index (χ0n) is 10.7. The van der Waals surface area contributed by atoms with E-state index in [2.05, 4.69) is 21.7 Å². The molecule has 1 aromatic heterocycles. The SMILES string of the molecule is COc1cccc(Cc2ncc3n2CCCC3)c1. The van der Waals surface area contributed by atoms with Gasteiger partial charge < -0.3 is 9.30 Å². The number of benzene rings is 1. The van der Waals surface area contributed by atoms with Crippen LogP contribution < -0.4 is 4.74 Å². The highest BCUT2D eigenvalue weighted by Gasteiger charge is 2.13. The minimum Gasteiger partial charge on any atom is -0.497 e. The Bertz CT molecular complexity index is 545. The van der Waals surface area contributed by atoms with E-state index in [1.54, 1.807) is 7.11 Å². The first kappa shape index (κ1) is 11.3. The van der Waals surface area contributed by atoms with Crippen molar-refractivity contribution < 1.29 is 4.74 Å². The summed E-state index contributed by atoms with van der Waals surface area (Å²) in [5, 5.41) is 0. The second-order valence-electron chi connectivity index (χ2n) is 4.80. The molecule has 0 spiro atoms. The van der Waals surface area contributed by atoms with Crippen molar-refractivity contribution in [1.29, 1.82) is 0 Å². The molecule has 3 rings (SSSR count). The Hall–Kier alpha value is -1.77. The maximum atomic E-state index is 5.26. The van der Waals surface area contributed by atoms with Crippen LogP contribution in [0.1, 0.15) is 29.9 Å². The number of methoxy groups -OCH3 is 1. The molecule has 2 heterocycles. The van der Waals surface area contributed by atoms with E-state index in [9.17, 15) is 0 Å². The fraction of sp³-hybridized carbons (Fsp3) is 0.400. The number of rotatable bonds is 3. The van der Waals surface area contributed by atoms with Crippen molar-refractivity contribution >= 4 is 0 Å². The molecule has 0 radical (unpaired) electrons. The first-order valence-electron chi connectivity index (χ1n) is 6.53. The Kier molecular flexibility index (Phi) is 3.05. The van der Waals surface area contributed by atoms with Crippen LogP contribution in [0, 0.1) is 0 Å². The topological polar surface area (TPSA) is 27.1 Å². The summed E-state index contributed by atoms with van der Waals surface area (Å²) in [5.41, 5.74) is 2.65. The van der Waals surface area contributed by atoms with E-state index in [0.29, 0.717) is 0 Å². The van der Waals surface area contributed by atoms with Gasteiger partial charge in [0.15, 0.2) is 0 Å². The highest BCUT2D eigenvalue weighted by Crippen LogP contribution is 2.20. The van der Waals surface area contributed by atoms with Gasteiger partial charge in [-0.15, -0.1) is 0 Å². The van der Waals surface area contributed by atoms with Crippen LogP contribution in [0.15, 0.2) is 30.5 Å². The van der Waals surface area contributed by atoms with Crippen molar-refractivity contribution in [2.24, 2.45) is 0 Å². The summed E-state index contributed by atoms with van der Waals surface area (Å²) in [5.74, 6) is 2.09. The fourth-order valence-corrected chi connectivity index (χ4v) is 2.61. The number of ether oxygens (including phenoxy) is 1. The minimum atomic E-state index is 0.886. The Morgan fingerprint density at radius 3 is 3.17 bits per heavy atom. The molecule has 1 aromatic carbocycles. The molecule has 0 saturated carbocycles. The number of nitrogens with zero attached hydrogens (tertiary/aromatic N) is 2. The summed E-state index contributed by atoms with van der Waals surface area (Å²) in [6, 6.07) is 8.23. The van der Waals surface area contributed by atoms with Crippen molar-refractivity contribution in [3.05, 3.63) is 47.5 Å². The molecule has 3 nitrogen and oxygen atoms in total. The largest absolute Gasteiger partial charge is 0.497 e. The Labute approximate surface area is 107 Å². The van der Waals surface area contributed by atoms with Gasteiger partial charge in [0.05, 0.1) is 7.11 Å². The van der Waals surface area contributed by atoms with Gasteiger partial charge in [0.2, 0.25) is 0 Å². The molecule has 0 N–H and O–H groups in total. The molecule has 0 fully saturated rings. The van der Waals surface area contributed by atoms with Gasteiger partial charge in [0.1, 0.15) is 11.6 Å². The second kappa shape index (κ2) is 4.84. The maximum absolute atomic E-state index is 5.26. The summed E-state index contributed by atoms with van der Waals surface area (Å²) in [4.78, 5) is 4.57. The van der Waals surface area contributed by atoms with Crippen LogP contribution in [-0.2, 0) is 19.4 Å². The van der Waals surface area contributed by atoms with Crippen LogP contribution >= 0.6 is 0 Å². The van der Waals surface area contributed by atoms with Gasteiger partial charge >= 0.3 is 0 Å². The normalized spacial score (nSPS) is 14.3. The molecule has 2 aromatic rings. The number of aromatic nitrogens is 2. The molecule has 0 saturated heterocycles. The van der Waals surface area contributed by atoms with E-state index in [4.69, 9.17) is 4.74 Å². The first-order chi connectivity index (χ1) is 8.86. The van der Waals surface area contributed by atoms with E-state index in [0.717, 1.165) is 18.7 Å². The lowest BCUT2D eigenvalue weighted by atomic mass is 10.1. The Morgan fingerprint density at radius 2 is 2.28 bits per heavy atom. The predicted molar refractivity (Wildman–Crippen MR) is 71.0 cm³/mol. The summed E-state index contributed by atoms with van der Waals surface area (Å²) < 4.78 is 7.64. The van der Waals surface area contributed by atoms with Crippen molar-refractivity contribution in [3.8, 4) is 5.75 Å². The standard InChI is InChI=1S/C15H18N2O/c1-18-14-7-4-5-12(9-14)10-15-16-11-13-6-2-3-8-17(13)15/h4-5,7,9,11H,2-3,6,8,10H2,1H3. The molecule has 3 heteroatoms. The van der Waals surface area contributed by atoms with Crippen LogP contribution in [0.2, 0.25) is 0 Å². The molecule has 1 aliphatic rings. The molecular weight excluding hydrogens is 224 g/mol. The molecule has 0 amide bonds. The molecular formula is C15H18N2O. The van der Waals surface area contributed by atoms with Gasteiger partial charge in [-0.3, -0.25) is 0 Å². The summed E-state index contributed by atoms with van der Waals surface area (Å²) in [6.07, 6.45) is 6.66. The third-order valence-electron chi connectivity index (χ3n) is 3.58. The molecule has 0 unspecified atom stereocenters. The lowest BCUT2D eigenvalue weighted by Gasteiger charge is -2.16. The number of hydrogen-bond acceptors (Lipinski definition) is 2. The smallest absolute Gasteiger partial charge is 0.119 e. The average molecular weight is 242 g/mol. The number of hydrogen-bond donors (Lipinski definition) is 0. The molecule has 0 atom stereocenters. The van der Waals surface area contributed by atoms with Gasteiger partial charge in [-0.25, -0.2) is 4.98 Å². The molecule has 0 bridgehead atoms. The van der Waals surface area contributed by atoms with Crippen LogP contribution in [0.4, 0.5) is 0 Å². The zero-order valence-corrected chi connectivity index (χ0v) is 10.7. The minimum absolute atomic E-state index is 0.886. The van der Waals surface area contributed by atoms with E-state index in [-0.39, 0.29) is 0 Å². The van der Waals surface area contributed by atoms with Gasteiger partial charge in [-0.2, -0.15) is 0 Å². The molecule has 0 aliphatic carbocycles. The average Bonchev–Trinajstić information content (AvgIpc) is 2.83. The van der Waals surface area contributed by atoms with E-state index >= 15 is 0 Å². The summed E-state index contributed by atoms with van der Waals surface area (Å²) in [7, 11) is 1.70. The van der Waals surface area contributed by atoms with Crippen LogP contribution in [-0.4, -0.2) is 16.7 Å². The maximum Gasteiger partial charge on any atom is 0.119 e. The Balaban J connectivity index is 1.85. The third-order valence-corrected chi connectivity index (χ3v) is 3.58. The fourth-order valence-electron chi connectivity index (χ4n) is 2.61. The van der Waals surface area contributed by atoms with Gasteiger partial charge in [0, 0.05) is 24.9 Å². The van der Waals surface area contributed by atoms with E-state index in [1.807, 2.05) is 18.3 Å². The van der Waals surface area contributed by atoms with Crippen molar-refractivity contribution in [2.45, 2.75) is 32.2 Å². The lowest BCUT2D eigenvalue weighted by molar-refractivity contribution is 0.414. The van der Waals surface area contributed by atoms with Crippen molar-refractivity contribution in [2.75, 3.05) is 7.11 Å². The van der Waals surface area contributed by atoms with Crippen LogP contribution in [0.25, 0.3) is 0 Å². The summed E-state index contributed by atoms with van der Waals surface area (Å²) in [6.45, 7) is 1.12. The second-order valence-corrected chi connectivity index (χ2v) is 4.80. The quantitative estimate of drug-likeness (QED) is 0.827. The highest BCUT2D eigenvalue weighted by molar-refractivity contribution is 5.30. The van der Waals surface area contributed by atoms with Gasteiger partial charge in [0.25, 0.3) is 0 Å². The van der Waals surface area contributed by atoms with E-state index < -0.39 is 0 Å². The monoisotopic (exact) mass is 242 g/mol. The number of aryl methyl sites for hydroxylation is 1. The predicted octanol–water partition coefficient (Wildman–Crippen LogP) is 2.82. The Morgan fingerprint density at radius 1 is 1.33 bits per heavy atom. The third kappa shape index (κ3) is 2.13. The molecule has 1 aliphatic heterocycles. The number of imidazole rings is 1. The van der Waals surface area contributed by atoms with Crippen molar-refractivity contribution in [3.63, 3.8) is 0 Å². The van der Waals surface area contributed by atoms with Crippen LogP contribution in [0.5, 0.6) is 5.75 Å². The number of fused-ring (bicyclic) bond motifs is 1. The van der Waals surface area contributed by atoms with Crippen molar-refractivity contribution in [1.82, 2.24) is 9.55 Å². The van der Waals surface area contributed by atoms with Gasteiger partial charge in [-0.1, -0.05) is 12.1 Å². The summed E-state index contributed by atoms with van der Waals surface area (Å²) >= 11 is 0.